The molecule has 1 heterocycles. The van der Waals surface area contributed by atoms with Gasteiger partial charge in [0.05, 0.1) is 35.4 Å². The van der Waals surface area contributed by atoms with E-state index < -0.39 is 16.0 Å². The van der Waals surface area contributed by atoms with E-state index in [0.717, 1.165) is 17.4 Å². The number of hydrogen-bond donors (Lipinski definition) is 3. The normalized spacial score (nSPS) is 12.1. The average Bonchev–Trinajstić information content (AvgIpc) is 3.17. The summed E-state index contributed by atoms with van der Waals surface area (Å²) in [6.07, 6.45) is 1.11. The highest BCUT2D eigenvalue weighted by Crippen LogP contribution is 2.32. The number of aromatic amines is 1. The first-order valence-corrected chi connectivity index (χ1v) is 12.8. The number of carbonyl (C=O) groups excluding carboxylic acids is 1. The van der Waals surface area contributed by atoms with E-state index in [1.54, 1.807) is 49.4 Å². The lowest BCUT2D eigenvalue weighted by Crippen LogP contribution is -2.21. The Morgan fingerprint density at radius 1 is 1.03 bits per heavy atom. The maximum atomic E-state index is 12.1. The maximum Gasteiger partial charge on any atom is 0.338 e. The minimum absolute atomic E-state index is 0.0717. The number of nitrogens with zero attached hydrogens (tertiary/aromatic N) is 1. The van der Waals surface area contributed by atoms with Gasteiger partial charge in [0.15, 0.2) is 5.88 Å². The first kappa shape index (κ1) is 24.2. The van der Waals surface area contributed by atoms with Crippen LogP contribution in [0.1, 0.15) is 34.0 Å². The molecule has 0 bridgehead atoms. The van der Waals surface area contributed by atoms with Crippen molar-refractivity contribution < 1.29 is 23.1 Å². The van der Waals surface area contributed by atoms with Crippen molar-refractivity contribution in [3.63, 3.8) is 0 Å². The summed E-state index contributed by atoms with van der Waals surface area (Å²) in [6.45, 7) is 2.19. The third kappa shape index (κ3) is 5.76. The van der Waals surface area contributed by atoms with E-state index >= 15 is 0 Å². The van der Waals surface area contributed by atoms with Crippen LogP contribution in [0, 0.1) is 0 Å². The highest BCUT2D eigenvalue weighted by molar-refractivity contribution is 7.88. The van der Waals surface area contributed by atoms with E-state index in [2.05, 4.69) is 9.71 Å². The molecule has 180 valence electrons. The molecule has 4 aromatic rings. The van der Waals surface area contributed by atoms with E-state index in [1.165, 1.54) is 0 Å². The zero-order valence-electron chi connectivity index (χ0n) is 19.3. The smallest absolute Gasteiger partial charge is 0.338 e. The van der Waals surface area contributed by atoms with Crippen LogP contribution in [-0.4, -0.2) is 43.1 Å². The number of rotatable bonds is 8. The second-order valence-electron chi connectivity index (χ2n) is 7.92. The fourth-order valence-electron chi connectivity index (χ4n) is 3.66. The fourth-order valence-corrected chi connectivity index (χ4v) is 4.09. The van der Waals surface area contributed by atoms with Crippen molar-refractivity contribution >= 4 is 38.3 Å². The number of fused-ring (bicyclic) bond motifs is 1. The second kappa shape index (κ2) is 10.1. The van der Waals surface area contributed by atoms with Crippen molar-refractivity contribution in [3.8, 4) is 5.88 Å². The monoisotopic (exact) mass is 491 g/mol. The number of aromatic nitrogens is 1. The van der Waals surface area contributed by atoms with Crippen LogP contribution >= 0.6 is 0 Å². The molecule has 0 spiro atoms. The van der Waals surface area contributed by atoms with Gasteiger partial charge in [-0.3, -0.25) is 0 Å². The Balaban J connectivity index is 1.77. The number of sulfonamides is 1. The van der Waals surface area contributed by atoms with E-state index in [9.17, 15) is 18.3 Å². The molecule has 0 unspecified atom stereocenters. The minimum atomic E-state index is -3.29. The topological polar surface area (TPSA) is 121 Å². The first-order chi connectivity index (χ1) is 16.7. The molecular weight excluding hydrogens is 466 g/mol. The van der Waals surface area contributed by atoms with Crippen molar-refractivity contribution in [2.75, 3.05) is 12.9 Å². The van der Waals surface area contributed by atoms with E-state index in [0.29, 0.717) is 33.4 Å². The summed E-state index contributed by atoms with van der Waals surface area (Å²) in [6, 6.07) is 21.7. The highest BCUT2D eigenvalue weighted by atomic mass is 32.2. The predicted molar refractivity (Wildman–Crippen MR) is 136 cm³/mol. The van der Waals surface area contributed by atoms with Crippen molar-refractivity contribution in [1.29, 1.82) is 0 Å². The molecule has 0 aliphatic rings. The molecule has 3 N–H and O–H groups in total. The van der Waals surface area contributed by atoms with Gasteiger partial charge >= 0.3 is 5.97 Å². The van der Waals surface area contributed by atoms with Crippen molar-refractivity contribution in [2.45, 2.75) is 13.5 Å². The zero-order chi connectivity index (χ0) is 25.0. The summed E-state index contributed by atoms with van der Waals surface area (Å²) in [4.78, 5) is 19.9. The highest BCUT2D eigenvalue weighted by Gasteiger charge is 2.20. The number of aliphatic imine (C=N–C) groups is 1. The number of esters is 1. The molecule has 0 saturated carbocycles. The Labute approximate surface area is 203 Å². The summed E-state index contributed by atoms with van der Waals surface area (Å²) >= 11 is 0. The number of H-pyrrole nitrogens is 1. The molecule has 0 saturated heterocycles. The predicted octanol–water partition coefficient (Wildman–Crippen LogP) is 4.27. The molecule has 8 nitrogen and oxygen atoms in total. The van der Waals surface area contributed by atoms with Gasteiger partial charge in [-0.25, -0.2) is 22.9 Å². The van der Waals surface area contributed by atoms with Gasteiger partial charge in [-0.05, 0) is 36.8 Å². The Bertz CT molecular complexity index is 1490. The number of aromatic hydroxyl groups is 1. The SMILES string of the molecule is CCOC(=O)c1ccc2c(C(=Nc3ccc(CNS(C)(=O)=O)cc3)c3ccccc3)c(O)[nH]c2c1. The number of benzene rings is 3. The van der Waals surface area contributed by atoms with Gasteiger partial charge in [-0.1, -0.05) is 48.5 Å². The van der Waals surface area contributed by atoms with Crippen molar-refractivity contribution in [2.24, 2.45) is 4.99 Å². The van der Waals surface area contributed by atoms with Gasteiger partial charge in [0.1, 0.15) is 0 Å². The quantitative estimate of drug-likeness (QED) is 0.251. The van der Waals surface area contributed by atoms with Crippen LogP contribution in [-0.2, 0) is 21.3 Å². The summed E-state index contributed by atoms with van der Waals surface area (Å²) in [7, 11) is -3.29. The average molecular weight is 492 g/mol. The molecular formula is C26H25N3O5S. The summed E-state index contributed by atoms with van der Waals surface area (Å²) in [5.41, 5.74) is 4.21. The third-order valence-electron chi connectivity index (χ3n) is 5.29. The number of hydrogen-bond acceptors (Lipinski definition) is 6. The third-order valence-corrected chi connectivity index (χ3v) is 5.96. The zero-order valence-corrected chi connectivity index (χ0v) is 20.1. The fraction of sp³-hybridized carbons (Fsp3) is 0.154. The molecule has 0 amide bonds. The van der Waals surface area contributed by atoms with Crippen LogP contribution in [0.3, 0.4) is 0 Å². The molecule has 0 atom stereocenters. The molecule has 0 radical (unpaired) electrons. The first-order valence-electron chi connectivity index (χ1n) is 10.9. The summed E-state index contributed by atoms with van der Waals surface area (Å²) in [5.74, 6) is -0.509. The Morgan fingerprint density at radius 2 is 1.74 bits per heavy atom. The van der Waals surface area contributed by atoms with Gasteiger partial charge in [0, 0.05) is 23.0 Å². The standard InChI is InChI=1S/C26H25N3O5S/c1-3-34-26(31)19-11-14-21-22(15-19)29-25(30)23(21)24(18-7-5-4-6-8-18)28-20-12-9-17(10-13-20)16-27-35(2,32)33/h4-15,27,29-30H,3,16H2,1-2H3. The van der Waals surface area contributed by atoms with Gasteiger partial charge in [0.25, 0.3) is 0 Å². The van der Waals surface area contributed by atoms with Crippen LogP contribution in [0.5, 0.6) is 5.88 Å². The van der Waals surface area contributed by atoms with Crippen LogP contribution in [0.15, 0.2) is 77.8 Å². The largest absolute Gasteiger partial charge is 0.494 e. The second-order valence-corrected chi connectivity index (χ2v) is 9.75. The molecule has 1 aromatic heterocycles. The Hall–Kier alpha value is -3.95. The number of carbonyl (C=O) groups is 1. The Morgan fingerprint density at radius 3 is 2.40 bits per heavy atom. The summed E-state index contributed by atoms with van der Waals surface area (Å²) < 4.78 is 30.2. The molecule has 3 aromatic carbocycles. The van der Waals surface area contributed by atoms with Crippen molar-refractivity contribution in [3.05, 3.63) is 95.1 Å². The van der Waals surface area contributed by atoms with E-state index in [1.807, 2.05) is 30.3 Å². The molecule has 0 aliphatic heterocycles. The van der Waals surface area contributed by atoms with Gasteiger partial charge in [-0.15, -0.1) is 0 Å². The lowest BCUT2D eigenvalue weighted by atomic mass is 10.00. The van der Waals surface area contributed by atoms with Crippen molar-refractivity contribution in [1.82, 2.24) is 9.71 Å². The molecule has 4 rings (SSSR count). The van der Waals surface area contributed by atoms with Gasteiger partial charge in [0.2, 0.25) is 10.0 Å². The molecule has 0 fully saturated rings. The maximum absolute atomic E-state index is 12.1. The van der Waals surface area contributed by atoms with Gasteiger partial charge in [-0.2, -0.15) is 0 Å². The Kier molecular flexibility index (Phi) is 6.99. The van der Waals surface area contributed by atoms with Crippen LogP contribution in [0.2, 0.25) is 0 Å². The minimum Gasteiger partial charge on any atom is -0.494 e. The number of ether oxygens (including phenoxy) is 1. The van der Waals surface area contributed by atoms with Crippen LogP contribution in [0.4, 0.5) is 5.69 Å². The lowest BCUT2D eigenvalue weighted by Gasteiger charge is -2.09. The van der Waals surface area contributed by atoms with E-state index in [-0.39, 0.29) is 19.0 Å². The van der Waals surface area contributed by atoms with Crippen LogP contribution in [0.25, 0.3) is 10.9 Å². The summed E-state index contributed by atoms with van der Waals surface area (Å²) in [5, 5.41) is 11.6. The van der Waals surface area contributed by atoms with Crippen LogP contribution < -0.4 is 4.72 Å². The molecule has 9 heteroatoms. The number of nitrogens with one attached hydrogen (secondary N) is 2. The van der Waals surface area contributed by atoms with Gasteiger partial charge < -0.3 is 14.8 Å². The van der Waals surface area contributed by atoms with E-state index in [4.69, 9.17) is 9.73 Å². The molecule has 0 aliphatic carbocycles. The lowest BCUT2D eigenvalue weighted by molar-refractivity contribution is 0.0526. The molecule has 35 heavy (non-hydrogen) atoms.